The van der Waals surface area contributed by atoms with Gasteiger partial charge < -0.3 is 20.1 Å². The van der Waals surface area contributed by atoms with Crippen LogP contribution in [0.4, 0.5) is 0 Å². The number of nitrogens with zero attached hydrogens (tertiary/aromatic N) is 1. The summed E-state index contributed by atoms with van der Waals surface area (Å²) in [6.07, 6.45) is -0.543. The molecule has 0 aliphatic carbocycles. The summed E-state index contributed by atoms with van der Waals surface area (Å²) in [5.41, 5.74) is 1.02. The standard InChI is InChI=1S/C16H27ClN2O2/c1-12-8-14(6-7-15(12)17)21-10-13(20)9-18-11-16(2,3)19(4)5/h6-8,13,18,20H,9-11H2,1-5H3. The lowest BCUT2D eigenvalue weighted by Gasteiger charge is -2.33. The van der Waals surface area contributed by atoms with Gasteiger partial charge in [0, 0.05) is 23.7 Å². The number of halogens is 1. The third-order valence-electron chi connectivity index (χ3n) is 3.72. The Bertz CT molecular complexity index is 450. The zero-order valence-corrected chi connectivity index (χ0v) is 14.4. The molecule has 0 saturated carbocycles. The largest absolute Gasteiger partial charge is 0.491 e. The van der Waals surface area contributed by atoms with Crippen LogP contribution in [0.3, 0.4) is 0 Å². The molecule has 0 fully saturated rings. The summed E-state index contributed by atoms with van der Waals surface area (Å²) in [7, 11) is 4.09. The predicted octanol–water partition coefficient (Wildman–Crippen LogP) is 2.32. The Labute approximate surface area is 133 Å². The molecule has 0 saturated heterocycles. The van der Waals surface area contributed by atoms with Crippen LogP contribution in [0, 0.1) is 6.92 Å². The Kier molecular flexibility index (Phi) is 6.94. The van der Waals surface area contributed by atoms with Crippen molar-refractivity contribution in [2.45, 2.75) is 32.4 Å². The summed E-state index contributed by atoms with van der Waals surface area (Å²) in [6.45, 7) is 7.80. The number of aliphatic hydroxyl groups is 1. The Balaban J connectivity index is 2.31. The summed E-state index contributed by atoms with van der Waals surface area (Å²) in [6, 6.07) is 5.48. The molecule has 0 aliphatic rings. The molecule has 0 spiro atoms. The molecule has 0 amide bonds. The Morgan fingerprint density at radius 3 is 2.62 bits per heavy atom. The van der Waals surface area contributed by atoms with Crippen LogP contribution in [-0.4, -0.2) is 55.4 Å². The summed E-state index contributed by atoms with van der Waals surface area (Å²) >= 11 is 5.96. The van der Waals surface area contributed by atoms with Crippen LogP contribution < -0.4 is 10.1 Å². The summed E-state index contributed by atoms with van der Waals surface area (Å²) in [5.74, 6) is 0.726. The fourth-order valence-electron chi connectivity index (χ4n) is 1.66. The van der Waals surface area contributed by atoms with Gasteiger partial charge in [0.25, 0.3) is 0 Å². The SMILES string of the molecule is Cc1cc(OCC(O)CNCC(C)(C)N(C)C)ccc1Cl. The second-order valence-corrected chi connectivity index (χ2v) is 6.62. The van der Waals surface area contributed by atoms with Gasteiger partial charge in [-0.1, -0.05) is 11.6 Å². The smallest absolute Gasteiger partial charge is 0.119 e. The lowest BCUT2D eigenvalue weighted by molar-refractivity contribution is 0.100. The molecule has 1 aromatic rings. The topological polar surface area (TPSA) is 44.7 Å². The third kappa shape index (κ3) is 6.22. The van der Waals surface area contributed by atoms with Crippen molar-refractivity contribution in [3.8, 4) is 5.75 Å². The van der Waals surface area contributed by atoms with Gasteiger partial charge in [-0.15, -0.1) is 0 Å². The first kappa shape index (κ1) is 18.2. The molecular weight excluding hydrogens is 288 g/mol. The molecular formula is C16H27ClN2O2. The molecule has 5 heteroatoms. The number of aryl methyl sites for hydroxylation is 1. The van der Waals surface area contributed by atoms with E-state index in [-0.39, 0.29) is 12.1 Å². The first-order chi connectivity index (χ1) is 9.72. The molecule has 1 atom stereocenters. The normalized spacial score (nSPS) is 13.5. The van der Waals surface area contributed by atoms with Crippen molar-refractivity contribution in [2.75, 3.05) is 33.8 Å². The molecule has 120 valence electrons. The average Bonchev–Trinajstić information content (AvgIpc) is 2.39. The highest BCUT2D eigenvalue weighted by molar-refractivity contribution is 6.31. The van der Waals surface area contributed by atoms with Crippen molar-refractivity contribution in [1.82, 2.24) is 10.2 Å². The number of benzene rings is 1. The fourth-order valence-corrected chi connectivity index (χ4v) is 1.78. The van der Waals surface area contributed by atoms with Gasteiger partial charge in [-0.25, -0.2) is 0 Å². The highest BCUT2D eigenvalue weighted by Gasteiger charge is 2.20. The van der Waals surface area contributed by atoms with Gasteiger partial charge in [-0.2, -0.15) is 0 Å². The molecule has 21 heavy (non-hydrogen) atoms. The fraction of sp³-hybridized carbons (Fsp3) is 0.625. The molecule has 0 aliphatic heterocycles. The minimum atomic E-state index is -0.543. The maximum atomic E-state index is 9.94. The van der Waals surface area contributed by atoms with Crippen LogP contribution in [0.1, 0.15) is 19.4 Å². The monoisotopic (exact) mass is 314 g/mol. The lowest BCUT2D eigenvalue weighted by Crippen LogP contribution is -2.48. The number of hydrogen-bond acceptors (Lipinski definition) is 4. The van der Waals surface area contributed by atoms with E-state index in [0.717, 1.165) is 22.9 Å². The minimum absolute atomic E-state index is 0.0495. The zero-order valence-electron chi connectivity index (χ0n) is 13.6. The van der Waals surface area contributed by atoms with Crippen LogP contribution in [0.5, 0.6) is 5.75 Å². The lowest BCUT2D eigenvalue weighted by atomic mass is 10.0. The molecule has 1 rings (SSSR count). The molecule has 1 aromatic carbocycles. The van der Waals surface area contributed by atoms with E-state index in [4.69, 9.17) is 16.3 Å². The van der Waals surface area contributed by atoms with E-state index in [2.05, 4.69) is 24.1 Å². The van der Waals surface area contributed by atoms with E-state index in [1.165, 1.54) is 0 Å². The third-order valence-corrected chi connectivity index (χ3v) is 4.14. The van der Waals surface area contributed by atoms with Crippen molar-refractivity contribution >= 4 is 11.6 Å². The van der Waals surface area contributed by atoms with E-state index in [1.807, 2.05) is 33.2 Å². The second kappa shape index (κ2) is 7.99. The van der Waals surface area contributed by atoms with E-state index in [1.54, 1.807) is 6.07 Å². The Morgan fingerprint density at radius 1 is 1.38 bits per heavy atom. The number of nitrogens with one attached hydrogen (secondary N) is 1. The predicted molar refractivity (Wildman–Crippen MR) is 88.3 cm³/mol. The van der Waals surface area contributed by atoms with Gasteiger partial charge in [-0.05, 0) is 58.6 Å². The summed E-state index contributed by atoms with van der Waals surface area (Å²) < 4.78 is 5.57. The number of aliphatic hydroxyl groups excluding tert-OH is 1. The second-order valence-electron chi connectivity index (χ2n) is 6.21. The molecule has 0 heterocycles. The number of hydrogen-bond donors (Lipinski definition) is 2. The van der Waals surface area contributed by atoms with E-state index in [9.17, 15) is 5.11 Å². The van der Waals surface area contributed by atoms with Crippen molar-refractivity contribution in [3.05, 3.63) is 28.8 Å². The number of likely N-dealkylation sites (N-methyl/N-ethyl adjacent to an activating group) is 1. The summed E-state index contributed by atoms with van der Waals surface area (Å²) in [4.78, 5) is 2.15. The highest BCUT2D eigenvalue weighted by Crippen LogP contribution is 2.21. The molecule has 1 unspecified atom stereocenters. The quantitative estimate of drug-likeness (QED) is 0.773. The van der Waals surface area contributed by atoms with Crippen LogP contribution in [0.25, 0.3) is 0 Å². The van der Waals surface area contributed by atoms with Gasteiger partial charge in [0.05, 0.1) is 0 Å². The van der Waals surface area contributed by atoms with Gasteiger partial charge in [0.1, 0.15) is 18.5 Å². The Hall–Kier alpha value is -0.810. The highest BCUT2D eigenvalue weighted by atomic mass is 35.5. The van der Waals surface area contributed by atoms with Gasteiger partial charge in [0.15, 0.2) is 0 Å². The molecule has 0 aromatic heterocycles. The first-order valence-corrected chi connectivity index (χ1v) is 7.55. The zero-order chi connectivity index (χ0) is 16.0. The number of rotatable bonds is 8. The van der Waals surface area contributed by atoms with Crippen LogP contribution in [0.2, 0.25) is 5.02 Å². The molecule has 0 bridgehead atoms. The molecule has 4 nitrogen and oxygen atoms in total. The van der Waals surface area contributed by atoms with E-state index in [0.29, 0.717) is 6.54 Å². The first-order valence-electron chi connectivity index (χ1n) is 7.17. The van der Waals surface area contributed by atoms with Crippen molar-refractivity contribution in [1.29, 1.82) is 0 Å². The van der Waals surface area contributed by atoms with Crippen LogP contribution in [0.15, 0.2) is 18.2 Å². The van der Waals surface area contributed by atoms with Gasteiger partial charge in [-0.3, -0.25) is 0 Å². The Morgan fingerprint density at radius 2 is 2.05 bits per heavy atom. The van der Waals surface area contributed by atoms with Crippen molar-refractivity contribution in [3.63, 3.8) is 0 Å². The molecule has 2 N–H and O–H groups in total. The van der Waals surface area contributed by atoms with E-state index < -0.39 is 6.10 Å². The van der Waals surface area contributed by atoms with Gasteiger partial charge >= 0.3 is 0 Å². The average molecular weight is 315 g/mol. The van der Waals surface area contributed by atoms with Gasteiger partial charge in [0.2, 0.25) is 0 Å². The van der Waals surface area contributed by atoms with Crippen molar-refractivity contribution in [2.24, 2.45) is 0 Å². The van der Waals surface area contributed by atoms with Crippen molar-refractivity contribution < 1.29 is 9.84 Å². The van der Waals surface area contributed by atoms with Crippen LogP contribution >= 0.6 is 11.6 Å². The molecule has 0 radical (unpaired) electrons. The number of ether oxygens (including phenoxy) is 1. The van der Waals surface area contributed by atoms with Crippen LogP contribution in [-0.2, 0) is 0 Å². The summed E-state index contributed by atoms with van der Waals surface area (Å²) in [5, 5.41) is 13.9. The maximum Gasteiger partial charge on any atom is 0.119 e. The maximum absolute atomic E-state index is 9.94. The minimum Gasteiger partial charge on any atom is -0.491 e. The van der Waals surface area contributed by atoms with E-state index >= 15 is 0 Å².